The minimum atomic E-state index is -0.432. The van der Waals surface area contributed by atoms with Crippen molar-refractivity contribution in [2.75, 3.05) is 0 Å². The Morgan fingerprint density at radius 2 is 2.03 bits per heavy atom. The summed E-state index contributed by atoms with van der Waals surface area (Å²) in [5.74, 6) is 0.373. The number of hydrogen-bond acceptors (Lipinski definition) is 6. The number of nitrogens with zero attached hydrogens (tertiary/aromatic N) is 3. The predicted octanol–water partition coefficient (Wildman–Crippen LogP) is 6.09. The van der Waals surface area contributed by atoms with E-state index in [1.807, 2.05) is 18.2 Å². The summed E-state index contributed by atoms with van der Waals surface area (Å²) in [5, 5.41) is 21.1. The van der Waals surface area contributed by atoms with Crippen LogP contribution in [0.5, 0.6) is 5.75 Å². The van der Waals surface area contributed by atoms with Gasteiger partial charge in [0.25, 0.3) is 5.69 Å². The Hall–Kier alpha value is -4.26. The van der Waals surface area contributed by atoms with Gasteiger partial charge in [0.15, 0.2) is 5.58 Å². The second-order valence-corrected chi connectivity index (χ2v) is 6.87. The van der Waals surface area contributed by atoms with Crippen molar-refractivity contribution in [3.8, 4) is 17.2 Å². The number of non-ortho nitro benzene ring substituents is 1. The summed E-state index contributed by atoms with van der Waals surface area (Å²) in [6.45, 7) is 2.07. The average molecular weight is 413 g/mol. The molecule has 154 valence electrons. The first-order valence-electron chi connectivity index (χ1n) is 9.71. The Bertz CT molecular complexity index is 1320. The second kappa shape index (κ2) is 8.62. The number of allylic oxidation sites excluding steroid dienone is 1. The van der Waals surface area contributed by atoms with Crippen LogP contribution in [-0.2, 0) is 6.42 Å². The van der Waals surface area contributed by atoms with Gasteiger partial charge in [-0.2, -0.15) is 0 Å². The molecule has 0 radical (unpaired) electrons. The number of oxazole rings is 1. The highest BCUT2D eigenvalue weighted by molar-refractivity contribution is 5.82. The minimum absolute atomic E-state index is 0.0339. The lowest BCUT2D eigenvalue weighted by atomic mass is 10.1. The number of rotatable bonds is 6. The quantitative estimate of drug-likeness (QED) is 0.234. The van der Waals surface area contributed by atoms with Gasteiger partial charge in [-0.1, -0.05) is 31.2 Å². The van der Waals surface area contributed by atoms with E-state index in [1.165, 1.54) is 12.1 Å². The Labute approximate surface area is 178 Å². The first-order valence-corrected chi connectivity index (χ1v) is 9.71. The van der Waals surface area contributed by atoms with Crippen LogP contribution in [0.15, 0.2) is 76.1 Å². The molecule has 0 bridgehead atoms. The lowest BCUT2D eigenvalue weighted by Gasteiger charge is -2.01. The first kappa shape index (κ1) is 20.0. The molecule has 31 heavy (non-hydrogen) atoms. The van der Waals surface area contributed by atoms with Crippen molar-refractivity contribution in [1.29, 1.82) is 0 Å². The normalized spacial score (nSPS) is 11.6. The van der Waals surface area contributed by atoms with Crippen LogP contribution in [0, 0.1) is 10.1 Å². The van der Waals surface area contributed by atoms with Gasteiger partial charge in [-0.05, 0) is 54.0 Å². The van der Waals surface area contributed by atoms with Crippen molar-refractivity contribution < 1.29 is 14.4 Å². The van der Waals surface area contributed by atoms with E-state index < -0.39 is 4.92 Å². The summed E-state index contributed by atoms with van der Waals surface area (Å²) < 4.78 is 5.81. The number of aliphatic imine (C=N–C) groups is 1. The molecule has 0 aliphatic rings. The zero-order valence-electron chi connectivity index (χ0n) is 16.7. The van der Waals surface area contributed by atoms with Gasteiger partial charge in [-0.3, -0.25) is 15.1 Å². The zero-order valence-corrected chi connectivity index (χ0v) is 16.7. The molecule has 1 heterocycles. The molecule has 3 aromatic carbocycles. The highest BCUT2D eigenvalue weighted by atomic mass is 16.6. The molecule has 4 aromatic rings. The van der Waals surface area contributed by atoms with Crippen LogP contribution in [0.4, 0.5) is 11.4 Å². The minimum Gasteiger partial charge on any atom is -0.507 e. The molecule has 0 spiro atoms. The largest absolute Gasteiger partial charge is 0.507 e. The molecule has 0 aliphatic carbocycles. The fraction of sp³-hybridized carbons (Fsp3) is 0.0833. The summed E-state index contributed by atoms with van der Waals surface area (Å²) in [4.78, 5) is 19.3. The number of nitro benzene ring substituents is 1. The molecule has 0 amide bonds. The lowest BCUT2D eigenvalue weighted by Crippen LogP contribution is -1.87. The molecule has 1 N–H and O–H groups in total. The molecule has 7 heteroatoms. The van der Waals surface area contributed by atoms with E-state index in [0.717, 1.165) is 17.5 Å². The van der Waals surface area contributed by atoms with Crippen molar-refractivity contribution in [3.63, 3.8) is 0 Å². The van der Waals surface area contributed by atoms with Gasteiger partial charge >= 0.3 is 0 Å². The average Bonchev–Trinajstić information content (AvgIpc) is 3.21. The number of fused-ring (bicyclic) bond motifs is 1. The Morgan fingerprint density at radius 1 is 1.16 bits per heavy atom. The van der Waals surface area contributed by atoms with E-state index in [4.69, 9.17) is 4.42 Å². The summed E-state index contributed by atoms with van der Waals surface area (Å²) in [6, 6.07) is 17.1. The zero-order chi connectivity index (χ0) is 21.8. The molecule has 4 rings (SSSR count). The van der Waals surface area contributed by atoms with Crippen LogP contribution in [-0.4, -0.2) is 21.2 Å². The van der Waals surface area contributed by atoms with Crippen LogP contribution in [0.2, 0.25) is 0 Å². The van der Waals surface area contributed by atoms with Crippen molar-refractivity contribution in [3.05, 3.63) is 88.0 Å². The summed E-state index contributed by atoms with van der Waals surface area (Å²) in [7, 11) is 0. The van der Waals surface area contributed by atoms with E-state index in [9.17, 15) is 15.2 Å². The van der Waals surface area contributed by atoms with E-state index in [2.05, 4.69) is 16.9 Å². The predicted molar refractivity (Wildman–Crippen MR) is 121 cm³/mol. The summed E-state index contributed by atoms with van der Waals surface area (Å²) >= 11 is 0. The van der Waals surface area contributed by atoms with Crippen LogP contribution < -0.4 is 0 Å². The van der Waals surface area contributed by atoms with Crippen molar-refractivity contribution in [2.24, 2.45) is 4.99 Å². The molecule has 0 saturated heterocycles. The van der Waals surface area contributed by atoms with Crippen LogP contribution in [0.25, 0.3) is 28.6 Å². The molecular formula is C24H19N3O4. The number of aryl methyl sites for hydroxylation is 1. The van der Waals surface area contributed by atoms with Crippen LogP contribution in [0.3, 0.4) is 0 Å². The van der Waals surface area contributed by atoms with Crippen LogP contribution >= 0.6 is 0 Å². The Balaban J connectivity index is 1.56. The molecule has 1 aromatic heterocycles. The van der Waals surface area contributed by atoms with Gasteiger partial charge in [0, 0.05) is 18.3 Å². The van der Waals surface area contributed by atoms with Gasteiger partial charge in [-0.25, -0.2) is 4.98 Å². The van der Waals surface area contributed by atoms with Crippen molar-refractivity contribution >= 4 is 34.8 Å². The third-order valence-electron chi connectivity index (χ3n) is 4.75. The maximum Gasteiger partial charge on any atom is 0.270 e. The highest BCUT2D eigenvalue weighted by Gasteiger charge is 2.13. The smallest absolute Gasteiger partial charge is 0.270 e. The van der Waals surface area contributed by atoms with Crippen molar-refractivity contribution in [1.82, 2.24) is 4.98 Å². The molecule has 0 unspecified atom stereocenters. The molecule has 0 fully saturated rings. The number of benzene rings is 3. The molecule has 0 aliphatic heterocycles. The third-order valence-corrected chi connectivity index (χ3v) is 4.75. The van der Waals surface area contributed by atoms with Crippen molar-refractivity contribution in [2.45, 2.75) is 13.3 Å². The second-order valence-electron chi connectivity index (χ2n) is 6.87. The number of aromatic nitrogens is 1. The number of hydrogen-bond donors (Lipinski definition) is 1. The number of phenols is 1. The summed E-state index contributed by atoms with van der Waals surface area (Å²) in [5.41, 5.74) is 4.34. The topological polar surface area (TPSA) is 102 Å². The maximum absolute atomic E-state index is 10.9. The van der Waals surface area contributed by atoms with Gasteiger partial charge in [-0.15, -0.1) is 0 Å². The number of phenolic OH excluding ortho intramolecular Hbond substituents is 1. The third kappa shape index (κ3) is 4.51. The number of aromatic hydroxyl groups is 1. The fourth-order valence-corrected chi connectivity index (χ4v) is 3.11. The number of nitro groups is 1. The van der Waals surface area contributed by atoms with Gasteiger partial charge in [0.05, 0.1) is 16.2 Å². The standard InChI is InChI=1S/C24H19N3O4/c1-2-16-8-11-23-21(14-16)26-24(31-23)20-15-18(9-10-22(20)28)25-12-4-6-17-5-3-7-19(13-17)27(29)30/h3-15,28H,2H2,1H3. The molecule has 0 saturated carbocycles. The Kier molecular flexibility index (Phi) is 5.57. The van der Waals surface area contributed by atoms with E-state index in [-0.39, 0.29) is 11.4 Å². The fourth-order valence-electron chi connectivity index (χ4n) is 3.11. The van der Waals surface area contributed by atoms with E-state index >= 15 is 0 Å². The SMILES string of the molecule is CCc1ccc2oc(-c3cc(N=CC=Cc4cccc([N+](=O)[O-])c4)ccc3O)nc2c1. The molecule has 0 atom stereocenters. The van der Waals surface area contributed by atoms with E-state index in [0.29, 0.717) is 28.3 Å². The molecular weight excluding hydrogens is 394 g/mol. The highest BCUT2D eigenvalue weighted by Crippen LogP contribution is 2.34. The lowest BCUT2D eigenvalue weighted by molar-refractivity contribution is -0.384. The first-order chi connectivity index (χ1) is 15.0. The maximum atomic E-state index is 10.9. The Morgan fingerprint density at radius 3 is 2.84 bits per heavy atom. The molecule has 7 nitrogen and oxygen atoms in total. The monoisotopic (exact) mass is 413 g/mol. The van der Waals surface area contributed by atoms with Gasteiger partial charge in [0.1, 0.15) is 11.3 Å². The van der Waals surface area contributed by atoms with Gasteiger partial charge in [0.2, 0.25) is 5.89 Å². The summed E-state index contributed by atoms with van der Waals surface area (Å²) in [6.07, 6.45) is 5.90. The van der Waals surface area contributed by atoms with Gasteiger partial charge < -0.3 is 9.52 Å². The van der Waals surface area contributed by atoms with E-state index in [1.54, 1.807) is 48.7 Å². The van der Waals surface area contributed by atoms with Crippen LogP contribution in [0.1, 0.15) is 18.1 Å².